The van der Waals surface area contributed by atoms with Crippen LogP contribution in [0.15, 0.2) is 84.9 Å². The van der Waals surface area contributed by atoms with E-state index in [0.29, 0.717) is 17.8 Å². The van der Waals surface area contributed by atoms with Crippen LogP contribution in [-0.2, 0) is 13.6 Å². The fourth-order valence-electron chi connectivity index (χ4n) is 3.30. The molecule has 0 saturated carbocycles. The zero-order chi connectivity index (χ0) is 18.8. The molecule has 0 N–H and O–H groups in total. The largest absolute Gasteiger partial charge is 0.340 e. The summed E-state index contributed by atoms with van der Waals surface area (Å²) in [7, 11) is 1.79. The molecule has 0 saturated heterocycles. The molecule has 0 fully saturated rings. The first-order valence-corrected chi connectivity index (χ1v) is 8.79. The van der Waals surface area contributed by atoms with E-state index in [4.69, 9.17) is 0 Å². The van der Waals surface area contributed by atoms with E-state index in [1.165, 1.54) is 12.1 Å². The first-order valence-electron chi connectivity index (χ1n) is 8.79. The number of halogens is 1. The minimum absolute atomic E-state index is 0.121. The number of aryl methyl sites for hydroxylation is 1. The van der Waals surface area contributed by atoms with E-state index >= 15 is 0 Å². The summed E-state index contributed by atoms with van der Waals surface area (Å²) in [4.78, 5) is 15.2. The first-order chi connectivity index (χ1) is 13.1. The lowest BCUT2D eigenvalue weighted by molar-refractivity contribution is 0.0977. The predicted octanol–water partition coefficient (Wildman–Crippen LogP) is 5.16. The zero-order valence-electron chi connectivity index (χ0n) is 15.0. The molecule has 134 valence electrons. The number of carbonyl (C=O) groups excluding carboxylic acids is 1. The molecule has 1 amide bonds. The Kier molecular flexibility index (Phi) is 4.47. The van der Waals surface area contributed by atoms with E-state index in [0.717, 1.165) is 16.6 Å². The van der Waals surface area contributed by atoms with E-state index in [1.54, 1.807) is 22.6 Å². The van der Waals surface area contributed by atoms with Crippen molar-refractivity contribution in [3.8, 4) is 0 Å². The molecule has 0 aliphatic carbocycles. The van der Waals surface area contributed by atoms with E-state index in [-0.39, 0.29) is 11.7 Å². The average Bonchev–Trinajstić information content (AvgIpc) is 3.03. The second kappa shape index (κ2) is 7.08. The van der Waals surface area contributed by atoms with Crippen LogP contribution in [-0.4, -0.2) is 10.5 Å². The number of amides is 1. The van der Waals surface area contributed by atoms with Crippen LogP contribution in [0.25, 0.3) is 10.9 Å². The summed E-state index contributed by atoms with van der Waals surface area (Å²) < 4.78 is 15.4. The molecule has 4 heteroatoms. The molecule has 1 aromatic heterocycles. The van der Waals surface area contributed by atoms with Crippen molar-refractivity contribution < 1.29 is 9.18 Å². The summed E-state index contributed by atoms with van der Waals surface area (Å²) in [6.07, 6.45) is 0. The van der Waals surface area contributed by atoms with Crippen LogP contribution in [0.2, 0.25) is 0 Å². The molecule has 0 radical (unpaired) electrons. The molecule has 0 unspecified atom stereocenters. The number of aromatic nitrogens is 1. The quantitative estimate of drug-likeness (QED) is 0.494. The molecular formula is C23H19FN2O. The smallest absolute Gasteiger partial charge is 0.275 e. The van der Waals surface area contributed by atoms with Crippen molar-refractivity contribution in [1.82, 2.24) is 4.57 Å². The number of rotatable bonds is 4. The highest BCUT2D eigenvalue weighted by molar-refractivity contribution is 6.07. The maximum Gasteiger partial charge on any atom is 0.275 e. The van der Waals surface area contributed by atoms with E-state index in [2.05, 4.69) is 0 Å². The van der Waals surface area contributed by atoms with Gasteiger partial charge < -0.3 is 9.47 Å². The first kappa shape index (κ1) is 17.0. The zero-order valence-corrected chi connectivity index (χ0v) is 15.0. The molecule has 0 aliphatic heterocycles. The summed E-state index contributed by atoms with van der Waals surface area (Å²) in [5, 5.41) is 0.843. The van der Waals surface area contributed by atoms with Crippen LogP contribution >= 0.6 is 0 Å². The highest BCUT2D eigenvalue weighted by atomic mass is 19.1. The predicted molar refractivity (Wildman–Crippen MR) is 106 cm³/mol. The maximum atomic E-state index is 13.6. The van der Waals surface area contributed by atoms with Gasteiger partial charge in [-0.25, -0.2) is 4.39 Å². The van der Waals surface area contributed by atoms with E-state index in [1.807, 2.05) is 66.7 Å². The van der Waals surface area contributed by atoms with E-state index in [9.17, 15) is 9.18 Å². The third-order valence-corrected chi connectivity index (χ3v) is 4.72. The van der Waals surface area contributed by atoms with Crippen molar-refractivity contribution >= 4 is 22.5 Å². The SMILES string of the molecule is Cn1c(C(=O)N(Cc2ccccc2)c2ccccc2)cc2ccc(F)cc21. The lowest BCUT2D eigenvalue weighted by Crippen LogP contribution is -2.31. The summed E-state index contributed by atoms with van der Waals surface area (Å²) in [5.41, 5.74) is 3.09. The Balaban J connectivity index is 1.78. The van der Waals surface area contributed by atoms with Crippen molar-refractivity contribution in [3.63, 3.8) is 0 Å². The highest BCUT2D eigenvalue weighted by Gasteiger charge is 2.22. The van der Waals surface area contributed by atoms with Crippen molar-refractivity contribution in [3.05, 3.63) is 102 Å². The Bertz CT molecular complexity index is 1090. The number of para-hydroxylation sites is 1. The summed E-state index contributed by atoms with van der Waals surface area (Å²) in [6.45, 7) is 0.458. The van der Waals surface area contributed by atoms with E-state index < -0.39 is 0 Å². The Morgan fingerprint density at radius 2 is 1.59 bits per heavy atom. The molecule has 0 atom stereocenters. The van der Waals surface area contributed by atoms with Gasteiger partial charge in [-0.15, -0.1) is 0 Å². The number of anilines is 1. The number of carbonyl (C=O) groups is 1. The third-order valence-electron chi connectivity index (χ3n) is 4.72. The average molecular weight is 358 g/mol. The lowest BCUT2D eigenvalue weighted by Gasteiger charge is -2.23. The molecule has 3 nitrogen and oxygen atoms in total. The second-order valence-electron chi connectivity index (χ2n) is 6.50. The molecule has 0 bridgehead atoms. The van der Waals surface area contributed by atoms with Gasteiger partial charge in [0, 0.05) is 18.1 Å². The summed E-state index contributed by atoms with van der Waals surface area (Å²) >= 11 is 0. The van der Waals surface area contributed by atoms with Gasteiger partial charge in [-0.05, 0) is 42.0 Å². The Morgan fingerprint density at radius 1 is 0.926 bits per heavy atom. The molecule has 27 heavy (non-hydrogen) atoms. The molecule has 4 rings (SSSR count). The van der Waals surface area contributed by atoms with Crippen LogP contribution in [0, 0.1) is 5.82 Å². The van der Waals surface area contributed by atoms with Crippen molar-refractivity contribution in [1.29, 1.82) is 0 Å². The van der Waals surface area contributed by atoms with Gasteiger partial charge in [0.15, 0.2) is 0 Å². The number of hydrogen-bond donors (Lipinski definition) is 0. The molecule has 1 heterocycles. The molecule has 4 aromatic rings. The van der Waals surface area contributed by atoms with Crippen LogP contribution in [0.1, 0.15) is 16.1 Å². The molecule has 0 spiro atoms. The Hall–Kier alpha value is -3.40. The fraction of sp³-hybridized carbons (Fsp3) is 0.0870. The fourth-order valence-corrected chi connectivity index (χ4v) is 3.30. The van der Waals surface area contributed by atoms with Crippen LogP contribution in [0.3, 0.4) is 0 Å². The summed E-state index contributed by atoms with van der Waals surface area (Å²) in [5.74, 6) is -0.434. The number of hydrogen-bond acceptors (Lipinski definition) is 1. The van der Waals surface area contributed by atoms with Crippen molar-refractivity contribution in [2.24, 2.45) is 7.05 Å². The third kappa shape index (κ3) is 3.34. The van der Waals surface area contributed by atoms with Crippen molar-refractivity contribution in [2.45, 2.75) is 6.54 Å². The van der Waals surface area contributed by atoms with Gasteiger partial charge in [0.1, 0.15) is 11.5 Å². The van der Waals surface area contributed by atoms with Gasteiger partial charge in [0.2, 0.25) is 0 Å². The van der Waals surface area contributed by atoms with Crippen LogP contribution in [0.4, 0.5) is 10.1 Å². The lowest BCUT2D eigenvalue weighted by atomic mass is 10.1. The molecular weight excluding hydrogens is 339 g/mol. The molecule has 3 aromatic carbocycles. The minimum atomic E-state index is -0.313. The number of fused-ring (bicyclic) bond motifs is 1. The van der Waals surface area contributed by atoms with Crippen molar-refractivity contribution in [2.75, 3.05) is 4.90 Å². The highest BCUT2D eigenvalue weighted by Crippen LogP contribution is 2.24. The monoisotopic (exact) mass is 358 g/mol. The van der Waals surface area contributed by atoms with Gasteiger partial charge in [0.05, 0.1) is 12.1 Å². The summed E-state index contributed by atoms with van der Waals surface area (Å²) in [6, 6.07) is 25.9. The van der Waals surface area contributed by atoms with Crippen LogP contribution in [0.5, 0.6) is 0 Å². The normalized spacial score (nSPS) is 10.9. The Morgan fingerprint density at radius 3 is 2.30 bits per heavy atom. The van der Waals surface area contributed by atoms with Gasteiger partial charge in [-0.3, -0.25) is 4.79 Å². The second-order valence-corrected chi connectivity index (χ2v) is 6.50. The van der Waals surface area contributed by atoms with Gasteiger partial charge >= 0.3 is 0 Å². The van der Waals surface area contributed by atoms with Gasteiger partial charge in [-0.2, -0.15) is 0 Å². The molecule has 0 aliphatic rings. The number of nitrogens with zero attached hydrogens (tertiary/aromatic N) is 2. The topological polar surface area (TPSA) is 25.2 Å². The van der Waals surface area contributed by atoms with Gasteiger partial charge in [-0.1, -0.05) is 48.5 Å². The Labute approximate surface area is 157 Å². The minimum Gasteiger partial charge on any atom is -0.340 e. The standard InChI is InChI=1S/C23H19FN2O/c1-25-21-15-19(24)13-12-18(21)14-22(25)23(27)26(20-10-6-3-7-11-20)16-17-8-4-2-5-9-17/h2-15H,16H2,1H3. The van der Waals surface area contributed by atoms with Crippen LogP contribution < -0.4 is 4.90 Å². The maximum absolute atomic E-state index is 13.6. The van der Waals surface area contributed by atoms with Gasteiger partial charge in [0.25, 0.3) is 5.91 Å². The number of benzene rings is 3.